The highest BCUT2D eigenvalue weighted by molar-refractivity contribution is 6.25. The Balaban J connectivity index is 2.72. The van der Waals surface area contributed by atoms with Crippen molar-refractivity contribution in [3.63, 3.8) is 0 Å². The van der Waals surface area contributed by atoms with Gasteiger partial charge in [0.25, 0.3) is 0 Å². The van der Waals surface area contributed by atoms with E-state index in [4.69, 9.17) is 23.2 Å². The Bertz CT molecular complexity index is 59.5. The third-order valence-corrected chi connectivity index (χ3v) is 1.29. The fourth-order valence-electron chi connectivity index (χ4n) is 0.420. The molecule has 2 heteroatoms. The molecule has 0 aliphatic carbocycles. The minimum absolute atomic E-state index is 0.760. The third-order valence-electron chi connectivity index (χ3n) is 0.844. The van der Waals surface area contributed by atoms with E-state index in [-0.39, 0.29) is 0 Å². The van der Waals surface area contributed by atoms with Gasteiger partial charge >= 0.3 is 0 Å². The number of halogens is 2. The maximum Gasteiger partial charge on any atom is 0.0223 e. The second kappa shape index (κ2) is 7.32. The molecule has 0 atom stereocenters. The minimum atomic E-state index is 0.760. The first-order valence-corrected chi connectivity index (χ1v) is 3.70. The first-order valence-electron chi connectivity index (χ1n) is 2.73. The van der Waals surface area contributed by atoms with Gasteiger partial charge in [-0.15, -0.1) is 11.6 Å². The van der Waals surface area contributed by atoms with Crippen molar-refractivity contribution in [1.82, 2.24) is 0 Å². The Hall–Kier alpha value is 0.320. The molecule has 0 amide bonds. The van der Waals surface area contributed by atoms with Crippen LogP contribution in [-0.2, 0) is 0 Å². The average molecular weight is 153 g/mol. The Morgan fingerprint density at radius 1 is 1.25 bits per heavy atom. The highest BCUT2D eigenvalue weighted by atomic mass is 35.5. The largest absolute Gasteiger partial charge is 0.127 e. The smallest absolute Gasteiger partial charge is 0.0223 e. The average Bonchev–Trinajstić information content (AvgIpc) is 1.81. The van der Waals surface area contributed by atoms with Gasteiger partial charge in [-0.2, -0.15) is 0 Å². The zero-order valence-electron chi connectivity index (χ0n) is 4.74. The fourth-order valence-corrected chi connectivity index (χ4v) is 0.735. The van der Waals surface area contributed by atoms with Crippen molar-refractivity contribution in [1.29, 1.82) is 0 Å². The Kier molecular flexibility index (Phi) is 7.61. The fraction of sp³-hybridized carbons (Fsp3) is 0.667. The van der Waals surface area contributed by atoms with Crippen LogP contribution in [0.2, 0.25) is 0 Å². The molecule has 0 aromatic rings. The lowest BCUT2D eigenvalue weighted by atomic mass is 10.2. The molecule has 0 saturated carbocycles. The topological polar surface area (TPSA) is 0 Å². The number of hydrogen-bond donors (Lipinski definition) is 0. The molecule has 0 spiro atoms. The van der Waals surface area contributed by atoms with Crippen LogP contribution < -0.4 is 0 Å². The predicted octanol–water partition coefficient (Wildman–Crippen LogP) is 3.15. The van der Waals surface area contributed by atoms with E-state index in [2.05, 4.69) is 0 Å². The monoisotopic (exact) mass is 152 g/mol. The minimum Gasteiger partial charge on any atom is -0.127 e. The van der Waals surface area contributed by atoms with E-state index >= 15 is 0 Å². The van der Waals surface area contributed by atoms with Crippen molar-refractivity contribution in [3.05, 3.63) is 11.6 Å². The number of unbranched alkanes of at least 4 members (excludes halogenated alkanes) is 2. The summed E-state index contributed by atoms with van der Waals surface area (Å²) in [6.07, 6.45) is 5.22. The van der Waals surface area contributed by atoms with E-state index in [9.17, 15) is 0 Å². The summed E-state index contributed by atoms with van der Waals surface area (Å²) < 4.78 is 0. The first-order chi connectivity index (χ1) is 3.91. The van der Waals surface area contributed by atoms with Gasteiger partial charge in [0, 0.05) is 11.4 Å². The molecule has 0 saturated heterocycles. The van der Waals surface area contributed by atoms with Gasteiger partial charge in [-0.05, 0) is 19.3 Å². The quantitative estimate of drug-likeness (QED) is 0.429. The van der Waals surface area contributed by atoms with Gasteiger partial charge in [0.2, 0.25) is 0 Å². The third kappa shape index (κ3) is 6.32. The van der Waals surface area contributed by atoms with Crippen molar-refractivity contribution in [2.24, 2.45) is 0 Å². The number of rotatable bonds is 4. The van der Waals surface area contributed by atoms with Crippen molar-refractivity contribution in [2.45, 2.75) is 19.3 Å². The molecule has 0 nitrogen and oxygen atoms in total. The lowest BCUT2D eigenvalue weighted by Gasteiger charge is -1.87. The van der Waals surface area contributed by atoms with E-state index in [0.717, 1.165) is 25.1 Å². The molecule has 0 aromatic carbocycles. The number of allylic oxidation sites excluding steroid dienone is 1. The van der Waals surface area contributed by atoms with Gasteiger partial charge < -0.3 is 0 Å². The van der Waals surface area contributed by atoms with Crippen LogP contribution in [0.25, 0.3) is 0 Å². The molecule has 8 heavy (non-hydrogen) atoms. The molecule has 0 rings (SSSR count). The summed E-state index contributed by atoms with van der Waals surface area (Å²) in [4.78, 5) is 0. The summed E-state index contributed by atoms with van der Waals surface area (Å²) in [6, 6.07) is 0. The van der Waals surface area contributed by atoms with Gasteiger partial charge in [-0.3, -0.25) is 0 Å². The molecule has 0 fully saturated rings. The second-order valence-electron chi connectivity index (χ2n) is 1.55. The zero-order chi connectivity index (χ0) is 6.24. The van der Waals surface area contributed by atoms with Crippen molar-refractivity contribution in [2.75, 3.05) is 5.88 Å². The van der Waals surface area contributed by atoms with Gasteiger partial charge in [0.15, 0.2) is 0 Å². The van der Waals surface area contributed by atoms with E-state index in [1.165, 1.54) is 0 Å². The van der Waals surface area contributed by atoms with Gasteiger partial charge in [-0.25, -0.2) is 0 Å². The van der Waals surface area contributed by atoms with E-state index in [0.29, 0.717) is 0 Å². The predicted molar refractivity (Wildman–Crippen MR) is 39.6 cm³/mol. The lowest BCUT2D eigenvalue weighted by Crippen LogP contribution is -1.72. The van der Waals surface area contributed by atoms with Crippen molar-refractivity contribution in [3.8, 4) is 0 Å². The molecular formula is C6H10Cl2. The van der Waals surface area contributed by atoms with Crippen LogP contribution in [0.5, 0.6) is 0 Å². The molecule has 0 radical (unpaired) electrons. The summed E-state index contributed by atoms with van der Waals surface area (Å²) in [6.45, 7) is 0. The van der Waals surface area contributed by atoms with Crippen LogP contribution in [0.3, 0.4) is 0 Å². The Morgan fingerprint density at radius 2 is 2.00 bits per heavy atom. The highest BCUT2D eigenvalue weighted by Crippen LogP contribution is 1.98. The molecule has 0 aromatic heterocycles. The van der Waals surface area contributed by atoms with Crippen molar-refractivity contribution < 1.29 is 0 Å². The van der Waals surface area contributed by atoms with Crippen molar-refractivity contribution >= 4 is 23.2 Å². The van der Waals surface area contributed by atoms with Crippen LogP contribution in [0.15, 0.2) is 11.6 Å². The van der Waals surface area contributed by atoms with Crippen LogP contribution in [0.1, 0.15) is 19.3 Å². The van der Waals surface area contributed by atoms with Crippen LogP contribution in [0.4, 0.5) is 0 Å². The van der Waals surface area contributed by atoms with E-state index < -0.39 is 0 Å². The Morgan fingerprint density at radius 3 is 2.50 bits per heavy atom. The number of alkyl halides is 1. The van der Waals surface area contributed by atoms with Crippen LogP contribution in [-0.4, -0.2) is 5.88 Å². The second-order valence-corrected chi connectivity index (χ2v) is 2.18. The van der Waals surface area contributed by atoms with E-state index in [1.807, 2.05) is 6.08 Å². The maximum atomic E-state index is 5.42. The van der Waals surface area contributed by atoms with Crippen LogP contribution in [0, 0.1) is 0 Å². The van der Waals surface area contributed by atoms with Gasteiger partial charge in [0.1, 0.15) is 0 Å². The molecule has 48 valence electrons. The molecule has 0 bridgehead atoms. The zero-order valence-corrected chi connectivity index (χ0v) is 6.25. The van der Waals surface area contributed by atoms with E-state index in [1.54, 1.807) is 5.54 Å². The molecule has 0 heterocycles. The summed E-state index contributed by atoms with van der Waals surface area (Å²) in [7, 11) is 0. The first kappa shape index (κ1) is 8.32. The highest BCUT2D eigenvalue weighted by Gasteiger charge is 1.80. The SMILES string of the molecule is Cl/C=C/CCCCCl. The Labute approximate surface area is 60.5 Å². The molecule has 0 N–H and O–H groups in total. The summed E-state index contributed by atoms with van der Waals surface area (Å²) >= 11 is 10.7. The molecule has 0 aliphatic rings. The van der Waals surface area contributed by atoms with Crippen LogP contribution >= 0.6 is 23.2 Å². The summed E-state index contributed by atoms with van der Waals surface area (Å²) in [5.41, 5.74) is 1.55. The molecular weight excluding hydrogens is 143 g/mol. The molecule has 0 aliphatic heterocycles. The standard InChI is InChI=1S/C6H10Cl2/c7-5-3-1-2-4-6-8/h3,5H,1-2,4,6H2/b5-3+. The summed E-state index contributed by atoms with van der Waals surface area (Å²) in [5, 5.41) is 0. The summed E-state index contributed by atoms with van der Waals surface area (Å²) in [5.74, 6) is 0.760. The van der Waals surface area contributed by atoms with Gasteiger partial charge in [-0.1, -0.05) is 17.7 Å². The normalized spacial score (nSPS) is 10.8. The van der Waals surface area contributed by atoms with Gasteiger partial charge in [0.05, 0.1) is 0 Å². The lowest BCUT2D eigenvalue weighted by molar-refractivity contribution is 0.820. The number of hydrogen-bond acceptors (Lipinski definition) is 0. The molecule has 0 unspecified atom stereocenters. The maximum absolute atomic E-state index is 5.42.